The van der Waals surface area contributed by atoms with Gasteiger partial charge in [-0.05, 0) is 31.2 Å². The Balaban J connectivity index is 2.14. The zero-order valence-corrected chi connectivity index (χ0v) is 13.7. The molecule has 0 amide bonds. The summed E-state index contributed by atoms with van der Waals surface area (Å²) in [6.07, 6.45) is 1.52. The first-order chi connectivity index (χ1) is 11.5. The Morgan fingerprint density at radius 3 is 2.83 bits per heavy atom. The highest BCUT2D eigenvalue weighted by Crippen LogP contribution is 2.36. The summed E-state index contributed by atoms with van der Waals surface area (Å²) in [5.74, 6) is -0.0297. The Kier molecular flexibility index (Phi) is 4.40. The highest BCUT2D eigenvalue weighted by atomic mass is 35.5. The molecule has 0 radical (unpaired) electrons. The van der Waals surface area contributed by atoms with Crippen molar-refractivity contribution in [2.75, 3.05) is 7.11 Å². The van der Waals surface area contributed by atoms with Gasteiger partial charge in [-0.1, -0.05) is 17.7 Å². The molecule has 2 aromatic rings. The number of amidine groups is 1. The summed E-state index contributed by atoms with van der Waals surface area (Å²) >= 11 is 6.17. The second-order valence-electron chi connectivity index (χ2n) is 5.18. The summed E-state index contributed by atoms with van der Waals surface area (Å²) in [6, 6.07) is 6.71. The van der Waals surface area contributed by atoms with Gasteiger partial charge in [0.25, 0.3) is 0 Å². The van der Waals surface area contributed by atoms with E-state index in [4.69, 9.17) is 20.8 Å². The van der Waals surface area contributed by atoms with Crippen molar-refractivity contribution in [2.24, 2.45) is 4.99 Å². The van der Waals surface area contributed by atoms with Crippen LogP contribution in [0.25, 0.3) is 0 Å². The lowest BCUT2D eigenvalue weighted by atomic mass is 9.95. The summed E-state index contributed by atoms with van der Waals surface area (Å²) in [5, 5.41) is 3.21. The quantitative estimate of drug-likeness (QED) is 0.861. The normalized spacial score (nSPS) is 17.3. The van der Waals surface area contributed by atoms with E-state index in [0.717, 1.165) is 0 Å². The SMILES string of the molecule is COC(=O)C1=C(C)NC(c2ccco2)=NC1c1ccc(F)cc1Cl. The predicted octanol–water partition coefficient (Wildman–Crippen LogP) is 3.61. The summed E-state index contributed by atoms with van der Waals surface area (Å²) in [6.45, 7) is 1.73. The fraction of sp³-hybridized carbons (Fsp3) is 0.176. The number of furan rings is 1. The number of allylic oxidation sites excluding steroid dienone is 1. The van der Waals surface area contributed by atoms with Gasteiger partial charge in [-0.3, -0.25) is 4.99 Å². The van der Waals surface area contributed by atoms with Crippen molar-refractivity contribution in [2.45, 2.75) is 13.0 Å². The third-order valence-corrected chi connectivity index (χ3v) is 3.99. The monoisotopic (exact) mass is 348 g/mol. The first-order valence-electron chi connectivity index (χ1n) is 7.14. The predicted molar refractivity (Wildman–Crippen MR) is 87.2 cm³/mol. The molecule has 0 fully saturated rings. The molecule has 0 aliphatic carbocycles. The third kappa shape index (κ3) is 2.92. The van der Waals surface area contributed by atoms with Crippen molar-refractivity contribution < 1.29 is 18.3 Å². The van der Waals surface area contributed by atoms with Crippen molar-refractivity contribution >= 4 is 23.4 Å². The largest absolute Gasteiger partial charge is 0.466 e. The third-order valence-electron chi connectivity index (χ3n) is 3.66. The average Bonchev–Trinajstić information content (AvgIpc) is 3.08. The lowest BCUT2D eigenvalue weighted by molar-refractivity contribution is -0.136. The number of nitrogens with one attached hydrogen (secondary N) is 1. The number of methoxy groups -OCH3 is 1. The highest BCUT2D eigenvalue weighted by Gasteiger charge is 2.32. The van der Waals surface area contributed by atoms with Crippen LogP contribution in [-0.4, -0.2) is 18.9 Å². The van der Waals surface area contributed by atoms with E-state index in [0.29, 0.717) is 28.4 Å². The van der Waals surface area contributed by atoms with Gasteiger partial charge in [0.05, 0.1) is 18.9 Å². The zero-order chi connectivity index (χ0) is 17.3. The van der Waals surface area contributed by atoms with E-state index in [1.165, 1.54) is 31.6 Å². The summed E-state index contributed by atoms with van der Waals surface area (Å²) in [4.78, 5) is 16.7. The first-order valence-corrected chi connectivity index (χ1v) is 7.51. The molecule has 0 saturated heterocycles. The van der Waals surface area contributed by atoms with Crippen molar-refractivity contribution in [1.29, 1.82) is 0 Å². The minimum atomic E-state index is -0.730. The van der Waals surface area contributed by atoms with Crippen LogP contribution >= 0.6 is 11.6 Å². The van der Waals surface area contributed by atoms with Crippen LogP contribution in [0.15, 0.2) is 57.3 Å². The number of hydrogen-bond donors (Lipinski definition) is 1. The number of carbonyl (C=O) groups excluding carboxylic acids is 1. The molecule has 0 saturated carbocycles. The van der Waals surface area contributed by atoms with Crippen LogP contribution in [0.3, 0.4) is 0 Å². The van der Waals surface area contributed by atoms with Gasteiger partial charge in [0.1, 0.15) is 11.9 Å². The maximum absolute atomic E-state index is 13.4. The first kappa shape index (κ1) is 16.3. The van der Waals surface area contributed by atoms with Gasteiger partial charge in [0.15, 0.2) is 11.6 Å². The maximum atomic E-state index is 13.4. The molecule has 0 spiro atoms. The molecule has 24 heavy (non-hydrogen) atoms. The number of aliphatic imine (C=N–C) groups is 1. The van der Waals surface area contributed by atoms with E-state index in [2.05, 4.69) is 10.3 Å². The smallest absolute Gasteiger partial charge is 0.338 e. The standard InChI is InChI=1S/C17H14ClFN2O3/c1-9-14(17(22)23-2)15(11-6-5-10(19)8-12(11)18)21-16(20-9)13-4-3-7-24-13/h3-8,15H,1-2H3,(H,20,21). The topological polar surface area (TPSA) is 63.8 Å². The molecule has 5 nitrogen and oxygen atoms in total. The van der Waals surface area contributed by atoms with Crippen molar-refractivity contribution in [3.63, 3.8) is 0 Å². The Bertz CT molecular complexity index is 844. The van der Waals surface area contributed by atoms with E-state index >= 15 is 0 Å². The summed E-state index contributed by atoms with van der Waals surface area (Å²) in [7, 11) is 1.29. The van der Waals surface area contributed by atoms with E-state index < -0.39 is 17.8 Å². The number of ether oxygens (including phenoxy) is 1. The number of esters is 1. The van der Waals surface area contributed by atoms with Crippen LogP contribution in [0, 0.1) is 5.82 Å². The molecule has 1 aliphatic heterocycles. The zero-order valence-electron chi connectivity index (χ0n) is 13.0. The van der Waals surface area contributed by atoms with E-state index in [1.807, 2.05) is 0 Å². The van der Waals surface area contributed by atoms with Crippen LogP contribution in [0.4, 0.5) is 4.39 Å². The van der Waals surface area contributed by atoms with Crippen LogP contribution < -0.4 is 5.32 Å². The minimum absolute atomic E-state index is 0.179. The second kappa shape index (κ2) is 6.49. The number of rotatable bonds is 3. The number of benzene rings is 1. The number of hydrogen-bond acceptors (Lipinski definition) is 5. The summed E-state index contributed by atoms with van der Waals surface area (Å²) in [5.41, 5.74) is 1.37. The van der Waals surface area contributed by atoms with E-state index in [-0.39, 0.29) is 5.02 Å². The van der Waals surface area contributed by atoms with Crippen molar-refractivity contribution in [3.8, 4) is 0 Å². The van der Waals surface area contributed by atoms with Gasteiger partial charge < -0.3 is 14.5 Å². The van der Waals surface area contributed by atoms with Gasteiger partial charge in [0, 0.05) is 16.3 Å². The van der Waals surface area contributed by atoms with Crippen LogP contribution in [-0.2, 0) is 9.53 Å². The Labute approximate surface area is 142 Å². The molecular weight excluding hydrogens is 335 g/mol. The molecule has 1 unspecified atom stereocenters. The van der Waals surface area contributed by atoms with Gasteiger partial charge in [-0.2, -0.15) is 0 Å². The average molecular weight is 349 g/mol. The number of nitrogens with zero attached hydrogens (tertiary/aromatic N) is 1. The van der Waals surface area contributed by atoms with Gasteiger partial charge >= 0.3 is 5.97 Å². The molecule has 124 valence electrons. The molecule has 3 rings (SSSR count). The van der Waals surface area contributed by atoms with E-state index in [1.54, 1.807) is 19.1 Å². The molecule has 1 aromatic heterocycles. The fourth-order valence-electron chi connectivity index (χ4n) is 2.54. The molecule has 2 heterocycles. The maximum Gasteiger partial charge on any atom is 0.338 e. The number of carbonyl (C=O) groups is 1. The van der Waals surface area contributed by atoms with Crippen LogP contribution in [0.1, 0.15) is 24.3 Å². The van der Waals surface area contributed by atoms with Gasteiger partial charge in [0.2, 0.25) is 0 Å². The van der Waals surface area contributed by atoms with Crippen LogP contribution in [0.5, 0.6) is 0 Å². The Morgan fingerprint density at radius 2 is 2.21 bits per heavy atom. The fourth-order valence-corrected chi connectivity index (χ4v) is 2.81. The minimum Gasteiger partial charge on any atom is -0.466 e. The highest BCUT2D eigenvalue weighted by molar-refractivity contribution is 6.31. The van der Waals surface area contributed by atoms with Gasteiger partial charge in [-0.25, -0.2) is 9.18 Å². The molecule has 1 atom stereocenters. The second-order valence-corrected chi connectivity index (χ2v) is 5.59. The molecule has 0 bridgehead atoms. The molecule has 1 aromatic carbocycles. The van der Waals surface area contributed by atoms with Gasteiger partial charge in [-0.15, -0.1) is 0 Å². The molecule has 7 heteroatoms. The number of halogens is 2. The Morgan fingerprint density at radius 1 is 1.42 bits per heavy atom. The lowest BCUT2D eigenvalue weighted by Crippen LogP contribution is -2.32. The van der Waals surface area contributed by atoms with Crippen LogP contribution in [0.2, 0.25) is 5.02 Å². The van der Waals surface area contributed by atoms with Crippen molar-refractivity contribution in [3.05, 3.63) is 70.0 Å². The summed E-state index contributed by atoms with van der Waals surface area (Å²) < 4.78 is 23.6. The van der Waals surface area contributed by atoms with Crippen molar-refractivity contribution in [1.82, 2.24) is 5.32 Å². The molecular formula is C17H14ClFN2O3. The van der Waals surface area contributed by atoms with E-state index in [9.17, 15) is 9.18 Å². The lowest BCUT2D eigenvalue weighted by Gasteiger charge is -2.25. The Hall–Kier alpha value is -2.60. The molecule has 1 aliphatic rings. The molecule has 1 N–H and O–H groups in total.